The van der Waals surface area contributed by atoms with Gasteiger partial charge in [0.1, 0.15) is 18.0 Å². The number of aromatic nitrogens is 1. The van der Waals surface area contributed by atoms with Gasteiger partial charge in [-0.15, -0.1) is 11.8 Å². The van der Waals surface area contributed by atoms with Crippen LogP contribution in [0.4, 0.5) is 0 Å². The zero-order valence-corrected chi connectivity index (χ0v) is 14.4. The van der Waals surface area contributed by atoms with Gasteiger partial charge in [0.15, 0.2) is 5.44 Å². The van der Waals surface area contributed by atoms with Crippen LogP contribution in [0, 0.1) is 13.8 Å². The van der Waals surface area contributed by atoms with Crippen LogP contribution in [-0.2, 0) is 0 Å². The molecule has 1 fully saturated rings. The maximum absolute atomic E-state index is 10.0. The fourth-order valence-electron chi connectivity index (χ4n) is 2.58. The van der Waals surface area contributed by atoms with Gasteiger partial charge < -0.3 is 20.1 Å². The second-order valence-corrected chi connectivity index (χ2v) is 7.21. The molecule has 1 aromatic carbocycles. The number of ether oxygens (including phenoxy) is 1. The smallest absolute Gasteiger partial charge is 0.173 e. The summed E-state index contributed by atoms with van der Waals surface area (Å²) < 4.78 is 5.78. The van der Waals surface area contributed by atoms with Crippen LogP contribution in [0.3, 0.4) is 0 Å². The quantitative estimate of drug-likeness (QED) is 0.787. The predicted molar refractivity (Wildman–Crippen MR) is 94.0 cm³/mol. The molecule has 3 N–H and O–H groups in total. The summed E-state index contributed by atoms with van der Waals surface area (Å²) in [6.45, 7) is 4.13. The summed E-state index contributed by atoms with van der Waals surface area (Å²) in [4.78, 5) is 4.21. The van der Waals surface area contributed by atoms with E-state index in [1.165, 1.54) is 22.9 Å². The second kappa shape index (κ2) is 7.11. The first-order chi connectivity index (χ1) is 11.5. The monoisotopic (exact) mass is 347 g/mol. The SMILES string of the molecule is Cc1ccc(-c2cncc(O[C@@H]3SC[C@@H](O)[C@H](O)[C@H]3O)c2)cc1C. The summed E-state index contributed by atoms with van der Waals surface area (Å²) in [6.07, 6.45) is 0.0518. The summed E-state index contributed by atoms with van der Waals surface area (Å²) >= 11 is 1.27. The van der Waals surface area contributed by atoms with Crippen molar-refractivity contribution in [2.75, 3.05) is 5.75 Å². The number of rotatable bonds is 3. The molecule has 24 heavy (non-hydrogen) atoms. The van der Waals surface area contributed by atoms with E-state index in [1.54, 1.807) is 12.4 Å². The molecule has 5 nitrogen and oxygen atoms in total. The molecule has 6 heteroatoms. The van der Waals surface area contributed by atoms with Crippen LogP contribution >= 0.6 is 11.8 Å². The van der Waals surface area contributed by atoms with E-state index in [1.807, 2.05) is 12.1 Å². The van der Waals surface area contributed by atoms with Crippen molar-refractivity contribution in [3.63, 3.8) is 0 Å². The molecule has 1 aromatic heterocycles. The van der Waals surface area contributed by atoms with Crippen LogP contribution in [0.15, 0.2) is 36.7 Å². The number of aliphatic hydroxyl groups excluding tert-OH is 3. The van der Waals surface area contributed by atoms with E-state index in [-0.39, 0.29) is 0 Å². The minimum atomic E-state index is -1.20. The van der Waals surface area contributed by atoms with Gasteiger partial charge in [0.05, 0.1) is 12.3 Å². The number of hydrogen-bond donors (Lipinski definition) is 3. The molecule has 2 heterocycles. The molecule has 2 aromatic rings. The van der Waals surface area contributed by atoms with E-state index < -0.39 is 23.7 Å². The van der Waals surface area contributed by atoms with Crippen molar-refractivity contribution in [3.05, 3.63) is 47.8 Å². The van der Waals surface area contributed by atoms with Crippen LogP contribution in [-0.4, -0.2) is 49.8 Å². The first kappa shape index (κ1) is 17.2. The predicted octanol–water partition coefficient (Wildman–Crippen LogP) is 1.90. The number of hydrogen-bond acceptors (Lipinski definition) is 6. The first-order valence-electron chi connectivity index (χ1n) is 7.81. The largest absolute Gasteiger partial charge is 0.475 e. The van der Waals surface area contributed by atoms with Gasteiger partial charge >= 0.3 is 0 Å². The molecular formula is C18H21NO4S. The average molecular weight is 347 g/mol. The fraction of sp³-hybridized carbons (Fsp3) is 0.389. The van der Waals surface area contributed by atoms with Crippen molar-refractivity contribution in [2.24, 2.45) is 0 Å². The Balaban J connectivity index is 1.79. The van der Waals surface area contributed by atoms with Gasteiger partial charge in [0.25, 0.3) is 0 Å². The van der Waals surface area contributed by atoms with Crippen molar-refractivity contribution in [2.45, 2.75) is 37.6 Å². The van der Waals surface area contributed by atoms with E-state index >= 15 is 0 Å². The number of benzene rings is 1. The summed E-state index contributed by atoms with van der Waals surface area (Å²) in [6, 6.07) is 8.06. The van der Waals surface area contributed by atoms with Gasteiger partial charge in [-0.25, -0.2) is 0 Å². The van der Waals surface area contributed by atoms with Gasteiger partial charge in [-0.3, -0.25) is 4.98 Å². The van der Waals surface area contributed by atoms with Crippen LogP contribution in [0.5, 0.6) is 5.75 Å². The van der Waals surface area contributed by atoms with Gasteiger partial charge in [-0.1, -0.05) is 18.2 Å². The highest BCUT2D eigenvalue weighted by Gasteiger charge is 2.38. The van der Waals surface area contributed by atoms with E-state index in [2.05, 4.69) is 31.0 Å². The molecule has 0 aliphatic carbocycles. The Hall–Kier alpha value is -1.60. The minimum absolute atomic E-state index is 0.313. The van der Waals surface area contributed by atoms with E-state index in [9.17, 15) is 15.3 Å². The zero-order valence-electron chi connectivity index (χ0n) is 13.6. The van der Waals surface area contributed by atoms with Crippen molar-refractivity contribution in [1.29, 1.82) is 0 Å². The second-order valence-electron chi connectivity index (χ2n) is 6.08. The Morgan fingerprint density at radius 1 is 1.00 bits per heavy atom. The minimum Gasteiger partial charge on any atom is -0.475 e. The van der Waals surface area contributed by atoms with Gasteiger partial charge in [-0.05, 0) is 36.6 Å². The normalized spacial score (nSPS) is 27.0. The molecule has 0 bridgehead atoms. The third kappa shape index (κ3) is 3.57. The highest BCUT2D eigenvalue weighted by molar-refractivity contribution is 7.99. The topological polar surface area (TPSA) is 82.8 Å². The molecule has 0 unspecified atom stereocenters. The Bertz CT molecular complexity index is 724. The summed E-state index contributed by atoms with van der Waals surface area (Å²) in [7, 11) is 0. The first-order valence-corrected chi connectivity index (χ1v) is 8.85. The molecule has 128 valence electrons. The third-order valence-electron chi connectivity index (χ3n) is 4.26. The molecule has 0 amide bonds. The van der Waals surface area contributed by atoms with Gasteiger partial charge in [0, 0.05) is 17.5 Å². The maximum atomic E-state index is 10.0. The zero-order chi connectivity index (χ0) is 17.3. The van der Waals surface area contributed by atoms with Crippen molar-refractivity contribution >= 4 is 11.8 Å². The van der Waals surface area contributed by atoms with E-state index in [0.29, 0.717) is 11.5 Å². The molecule has 1 aliphatic heterocycles. The van der Waals surface area contributed by atoms with Gasteiger partial charge in [-0.2, -0.15) is 0 Å². The van der Waals surface area contributed by atoms with Crippen LogP contribution in [0.25, 0.3) is 11.1 Å². The van der Waals surface area contributed by atoms with Crippen LogP contribution in [0.1, 0.15) is 11.1 Å². The summed E-state index contributed by atoms with van der Waals surface area (Å²) in [5.41, 5.74) is 3.76. The lowest BCUT2D eigenvalue weighted by molar-refractivity contribution is -0.0786. The van der Waals surface area contributed by atoms with Crippen molar-refractivity contribution in [3.8, 4) is 16.9 Å². The molecule has 1 aliphatic rings. The van der Waals surface area contributed by atoms with Gasteiger partial charge in [0.2, 0.25) is 0 Å². The highest BCUT2D eigenvalue weighted by atomic mass is 32.2. The molecule has 0 saturated carbocycles. The molecule has 1 saturated heterocycles. The van der Waals surface area contributed by atoms with Crippen LogP contribution in [0.2, 0.25) is 0 Å². The molecule has 4 atom stereocenters. The standard InChI is InChI=1S/C18H21NO4S/c1-10-3-4-12(5-11(10)2)13-6-14(8-19-7-13)23-18-17(22)16(21)15(20)9-24-18/h3-8,15-18,20-22H,9H2,1-2H3/t15-,16+,17-,18-/m1/s1. The fourth-order valence-corrected chi connectivity index (χ4v) is 3.70. The summed E-state index contributed by atoms with van der Waals surface area (Å²) in [5, 5.41) is 29.4. The molecule has 0 spiro atoms. The lowest BCUT2D eigenvalue weighted by Crippen LogP contribution is -2.50. The van der Waals surface area contributed by atoms with E-state index in [4.69, 9.17) is 4.74 Å². The molecule has 3 rings (SSSR count). The Morgan fingerprint density at radius 3 is 2.54 bits per heavy atom. The Kier molecular flexibility index (Phi) is 5.10. The number of nitrogens with zero attached hydrogens (tertiary/aromatic N) is 1. The van der Waals surface area contributed by atoms with Crippen molar-refractivity contribution < 1.29 is 20.1 Å². The van der Waals surface area contributed by atoms with Crippen LogP contribution < -0.4 is 4.74 Å². The van der Waals surface area contributed by atoms with E-state index in [0.717, 1.165) is 11.1 Å². The van der Waals surface area contributed by atoms with Crippen molar-refractivity contribution in [1.82, 2.24) is 4.98 Å². The highest BCUT2D eigenvalue weighted by Crippen LogP contribution is 2.31. The third-order valence-corrected chi connectivity index (χ3v) is 5.50. The lowest BCUT2D eigenvalue weighted by atomic mass is 10.0. The number of thioether (sulfide) groups is 1. The number of pyridine rings is 1. The molecule has 0 radical (unpaired) electrons. The average Bonchev–Trinajstić information content (AvgIpc) is 2.58. The Morgan fingerprint density at radius 2 is 1.79 bits per heavy atom. The maximum Gasteiger partial charge on any atom is 0.173 e. The number of aryl methyl sites for hydroxylation is 2. The lowest BCUT2D eigenvalue weighted by Gasteiger charge is -2.34. The number of aliphatic hydroxyl groups is 3. The molecular weight excluding hydrogens is 326 g/mol. The Labute approximate surface area is 145 Å². The summed E-state index contributed by atoms with van der Waals surface area (Å²) in [5.74, 6) is 0.832.